The summed E-state index contributed by atoms with van der Waals surface area (Å²) < 4.78 is 0. The van der Waals surface area contributed by atoms with Crippen molar-refractivity contribution in [2.45, 2.75) is 19.4 Å². The van der Waals surface area contributed by atoms with Crippen molar-refractivity contribution < 1.29 is 5.11 Å². The van der Waals surface area contributed by atoms with Crippen LogP contribution in [0.5, 0.6) is 0 Å². The molecule has 0 saturated carbocycles. The molecule has 0 aromatic heterocycles. The molecule has 0 saturated heterocycles. The fourth-order valence-electron chi connectivity index (χ4n) is 1.14. The smallest absolute Gasteiger partial charge is 0.0992 e. The lowest BCUT2D eigenvalue weighted by atomic mass is 10.2. The minimum Gasteiger partial charge on any atom is -0.393 e. The van der Waals surface area contributed by atoms with Crippen LogP contribution in [-0.2, 0) is 0 Å². The zero-order valence-corrected chi connectivity index (χ0v) is 9.25. The average molecular weight is 225 g/mol. The summed E-state index contributed by atoms with van der Waals surface area (Å²) in [6.07, 6.45) is 0.339. The Bertz CT molecular complexity index is 371. The number of benzene rings is 1. The topological polar surface area (TPSA) is 56.0 Å². The summed E-state index contributed by atoms with van der Waals surface area (Å²) in [5, 5.41) is 21.3. The number of nitrogens with zero attached hydrogens (tertiary/aromatic N) is 1. The fourth-order valence-corrected chi connectivity index (χ4v) is 1.39. The Morgan fingerprint density at radius 3 is 2.87 bits per heavy atom. The van der Waals surface area contributed by atoms with Gasteiger partial charge in [0.15, 0.2) is 0 Å². The Balaban J connectivity index is 2.59. The number of aliphatic hydroxyl groups excluding tert-OH is 1. The number of halogens is 1. The van der Waals surface area contributed by atoms with Crippen molar-refractivity contribution in [2.75, 3.05) is 11.9 Å². The largest absolute Gasteiger partial charge is 0.393 e. The molecule has 1 unspecified atom stereocenters. The molecule has 0 amide bonds. The molecule has 0 fully saturated rings. The van der Waals surface area contributed by atoms with E-state index in [2.05, 4.69) is 5.32 Å². The third kappa shape index (κ3) is 3.78. The number of nitrogens with one attached hydrogen (secondary N) is 1. The molecule has 80 valence electrons. The second-order valence-corrected chi connectivity index (χ2v) is 3.78. The molecular weight excluding hydrogens is 212 g/mol. The molecule has 0 radical (unpaired) electrons. The van der Waals surface area contributed by atoms with Crippen LogP contribution in [0.15, 0.2) is 18.2 Å². The normalized spacial score (nSPS) is 11.9. The molecule has 0 aliphatic heterocycles. The Morgan fingerprint density at radius 2 is 2.33 bits per heavy atom. The molecule has 4 heteroatoms. The van der Waals surface area contributed by atoms with Gasteiger partial charge in [-0.2, -0.15) is 5.26 Å². The molecule has 3 nitrogen and oxygen atoms in total. The van der Waals surface area contributed by atoms with Gasteiger partial charge in [0, 0.05) is 6.54 Å². The van der Waals surface area contributed by atoms with E-state index in [9.17, 15) is 0 Å². The second kappa shape index (κ2) is 5.59. The Kier molecular flexibility index (Phi) is 4.41. The second-order valence-electron chi connectivity index (χ2n) is 3.37. The van der Waals surface area contributed by atoms with E-state index in [0.29, 0.717) is 23.6 Å². The van der Waals surface area contributed by atoms with Gasteiger partial charge in [-0.15, -0.1) is 0 Å². The third-order valence-electron chi connectivity index (χ3n) is 1.98. The first kappa shape index (κ1) is 11.8. The number of hydrogen-bond donors (Lipinski definition) is 2. The van der Waals surface area contributed by atoms with E-state index in [-0.39, 0.29) is 6.10 Å². The number of rotatable bonds is 4. The van der Waals surface area contributed by atoms with Gasteiger partial charge in [-0.1, -0.05) is 11.6 Å². The van der Waals surface area contributed by atoms with Crippen LogP contribution in [0.4, 0.5) is 5.69 Å². The molecule has 0 heterocycles. The van der Waals surface area contributed by atoms with Gasteiger partial charge in [0.25, 0.3) is 0 Å². The molecule has 0 aliphatic rings. The van der Waals surface area contributed by atoms with E-state index >= 15 is 0 Å². The molecule has 15 heavy (non-hydrogen) atoms. The van der Waals surface area contributed by atoms with Crippen molar-refractivity contribution in [3.63, 3.8) is 0 Å². The summed E-state index contributed by atoms with van der Waals surface area (Å²) in [5.74, 6) is 0. The number of nitriles is 1. The van der Waals surface area contributed by atoms with Gasteiger partial charge < -0.3 is 10.4 Å². The predicted molar refractivity (Wildman–Crippen MR) is 61.0 cm³/mol. The highest BCUT2D eigenvalue weighted by atomic mass is 35.5. The van der Waals surface area contributed by atoms with Crippen molar-refractivity contribution in [1.29, 1.82) is 5.26 Å². The zero-order valence-electron chi connectivity index (χ0n) is 8.50. The van der Waals surface area contributed by atoms with Gasteiger partial charge in [0.2, 0.25) is 0 Å². The van der Waals surface area contributed by atoms with Crippen LogP contribution in [0.3, 0.4) is 0 Å². The van der Waals surface area contributed by atoms with E-state index in [1.165, 1.54) is 0 Å². The lowest BCUT2D eigenvalue weighted by Gasteiger charge is -2.09. The minimum atomic E-state index is -0.324. The molecule has 1 aromatic carbocycles. The van der Waals surface area contributed by atoms with Crippen LogP contribution in [0.25, 0.3) is 0 Å². The SMILES string of the molecule is CC(O)CCNc1ccc(C#N)cc1Cl. The van der Waals surface area contributed by atoms with Gasteiger partial charge in [-0.05, 0) is 31.5 Å². The number of hydrogen-bond acceptors (Lipinski definition) is 3. The molecular formula is C11H13ClN2O. The van der Waals surface area contributed by atoms with Gasteiger partial charge in [-0.3, -0.25) is 0 Å². The number of aliphatic hydroxyl groups is 1. The predicted octanol–water partition coefficient (Wildman–Crippen LogP) is 2.39. The summed E-state index contributed by atoms with van der Waals surface area (Å²) in [6, 6.07) is 7.11. The molecule has 0 aliphatic carbocycles. The first-order valence-corrected chi connectivity index (χ1v) is 5.13. The van der Waals surface area contributed by atoms with Gasteiger partial charge in [-0.25, -0.2) is 0 Å². The van der Waals surface area contributed by atoms with Crippen molar-refractivity contribution in [2.24, 2.45) is 0 Å². The van der Waals surface area contributed by atoms with Crippen LogP contribution in [0.1, 0.15) is 18.9 Å². The van der Waals surface area contributed by atoms with Crippen molar-refractivity contribution >= 4 is 17.3 Å². The van der Waals surface area contributed by atoms with E-state index in [0.717, 1.165) is 5.69 Å². The maximum atomic E-state index is 9.07. The van der Waals surface area contributed by atoms with Crippen LogP contribution >= 0.6 is 11.6 Å². The molecule has 0 spiro atoms. The van der Waals surface area contributed by atoms with Crippen molar-refractivity contribution in [3.8, 4) is 6.07 Å². The lowest BCUT2D eigenvalue weighted by Crippen LogP contribution is -2.09. The van der Waals surface area contributed by atoms with E-state index in [4.69, 9.17) is 22.0 Å². The summed E-state index contributed by atoms with van der Waals surface area (Å²) in [4.78, 5) is 0. The summed E-state index contributed by atoms with van der Waals surface area (Å²) in [7, 11) is 0. The van der Waals surface area contributed by atoms with Crippen molar-refractivity contribution in [1.82, 2.24) is 0 Å². The van der Waals surface area contributed by atoms with Crippen LogP contribution in [0, 0.1) is 11.3 Å². The summed E-state index contributed by atoms with van der Waals surface area (Å²) in [5.41, 5.74) is 1.33. The maximum Gasteiger partial charge on any atom is 0.0992 e. The highest BCUT2D eigenvalue weighted by Gasteiger charge is 2.01. The number of anilines is 1. The van der Waals surface area contributed by atoms with E-state index < -0.39 is 0 Å². The van der Waals surface area contributed by atoms with E-state index in [1.54, 1.807) is 25.1 Å². The molecule has 1 aromatic rings. The summed E-state index contributed by atoms with van der Waals surface area (Å²) in [6.45, 7) is 2.39. The highest BCUT2D eigenvalue weighted by Crippen LogP contribution is 2.22. The third-order valence-corrected chi connectivity index (χ3v) is 2.29. The van der Waals surface area contributed by atoms with E-state index in [1.807, 2.05) is 6.07 Å². The molecule has 1 atom stereocenters. The first-order valence-electron chi connectivity index (χ1n) is 4.75. The maximum absolute atomic E-state index is 9.07. The fraction of sp³-hybridized carbons (Fsp3) is 0.364. The van der Waals surface area contributed by atoms with Gasteiger partial charge in [0.1, 0.15) is 0 Å². The quantitative estimate of drug-likeness (QED) is 0.826. The Morgan fingerprint density at radius 1 is 1.60 bits per heavy atom. The molecule has 1 rings (SSSR count). The minimum absolute atomic E-state index is 0.324. The standard InChI is InChI=1S/C11H13ClN2O/c1-8(15)4-5-14-11-3-2-9(7-13)6-10(11)12/h2-3,6,8,14-15H,4-5H2,1H3. The summed E-state index contributed by atoms with van der Waals surface area (Å²) >= 11 is 5.95. The van der Waals surface area contributed by atoms with Gasteiger partial charge >= 0.3 is 0 Å². The highest BCUT2D eigenvalue weighted by molar-refractivity contribution is 6.33. The van der Waals surface area contributed by atoms with Crippen LogP contribution in [-0.4, -0.2) is 17.8 Å². The Labute approximate surface area is 94.3 Å². The Hall–Kier alpha value is -1.24. The van der Waals surface area contributed by atoms with Crippen LogP contribution < -0.4 is 5.32 Å². The molecule has 2 N–H and O–H groups in total. The average Bonchev–Trinajstić information content (AvgIpc) is 2.20. The zero-order chi connectivity index (χ0) is 11.3. The van der Waals surface area contributed by atoms with Gasteiger partial charge in [0.05, 0.1) is 28.4 Å². The first-order chi connectivity index (χ1) is 7.13. The lowest BCUT2D eigenvalue weighted by molar-refractivity contribution is 0.189. The van der Waals surface area contributed by atoms with Crippen molar-refractivity contribution in [3.05, 3.63) is 28.8 Å². The molecule has 0 bridgehead atoms. The van der Waals surface area contributed by atoms with Crippen LogP contribution in [0.2, 0.25) is 5.02 Å². The monoisotopic (exact) mass is 224 g/mol.